The van der Waals surface area contributed by atoms with Crippen molar-refractivity contribution in [3.8, 4) is 23.6 Å². The minimum Gasteiger partial charge on any atom is -0.456 e. The Morgan fingerprint density at radius 2 is 1.55 bits per heavy atom. The largest absolute Gasteiger partial charge is 0.456 e. The van der Waals surface area contributed by atoms with Gasteiger partial charge in [-0.25, -0.2) is 0 Å². The first-order valence-electron chi connectivity index (χ1n) is 5.94. The molecule has 0 aromatic heterocycles. The van der Waals surface area contributed by atoms with Gasteiger partial charge in [-0.15, -0.1) is 0 Å². The molecule has 0 fully saturated rings. The van der Waals surface area contributed by atoms with Crippen molar-refractivity contribution in [2.24, 2.45) is 0 Å². The monoisotopic (exact) mass is 326 g/mol. The molecule has 0 N–H and O–H groups in total. The molecule has 0 aliphatic heterocycles. The van der Waals surface area contributed by atoms with Crippen LogP contribution in [0.1, 0.15) is 22.3 Å². The fraction of sp³-hybridized carbons (Fsp3) is 0.125. The van der Waals surface area contributed by atoms with Gasteiger partial charge in [-0.1, -0.05) is 0 Å². The van der Waals surface area contributed by atoms with Gasteiger partial charge in [-0.05, 0) is 71.2 Å². The maximum Gasteiger partial charge on any atom is 0.141 e. The number of rotatable bonds is 2. The molecule has 2 aromatic rings. The van der Waals surface area contributed by atoms with Crippen LogP contribution in [0, 0.1) is 36.5 Å². The van der Waals surface area contributed by atoms with E-state index in [0.717, 1.165) is 21.3 Å². The zero-order valence-electron chi connectivity index (χ0n) is 11.1. The summed E-state index contributed by atoms with van der Waals surface area (Å²) in [7, 11) is 0. The van der Waals surface area contributed by atoms with Crippen LogP contribution in [0.2, 0.25) is 0 Å². The second kappa shape index (κ2) is 5.77. The predicted octanol–water partition coefficient (Wildman–Crippen LogP) is 4.60. The number of hydrogen-bond donors (Lipinski definition) is 0. The third kappa shape index (κ3) is 2.82. The second-order valence-corrected chi connectivity index (χ2v) is 5.26. The molecule has 98 valence electrons. The second-order valence-electron chi connectivity index (χ2n) is 4.41. The highest BCUT2D eigenvalue weighted by molar-refractivity contribution is 9.10. The van der Waals surface area contributed by atoms with Crippen LogP contribution in [-0.2, 0) is 0 Å². The zero-order valence-corrected chi connectivity index (χ0v) is 12.7. The Labute approximate surface area is 126 Å². The van der Waals surface area contributed by atoms with E-state index < -0.39 is 0 Å². The first kappa shape index (κ1) is 14.1. The molecule has 2 aromatic carbocycles. The van der Waals surface area contributed by atoms with E-state index in [1.807, 2.05) is 13.8 Å². The average Bonchev–Trinajstić information content (AvgIpc) is 2.43. The Hall–Kier alpha value is -2.30. The van der Waals surface area contributed by atoms with Crippen LogP contribution in [0.25, 0.3) is 0 Å². The van der Waals surface area contributed by atoms with Crippen molar-refractivity contribution in [1.82, 2.24) is 0 Å². The summed E-state index contributed by atoms with van der Waals surface area (Å²) in [5.41, 5.74) is 2.99. The van der Waals surface area contributed by atoms with Crippen LogP contribution in [0.5, 0.6) is 11.5 Å². The molecule has 2 rings (SSSR count). The minimum absolute atomic E-state index is 0.567. The van der Waals surface area contributed by atoms with Gasteiger partial charge in [0.2, 0.25) is 0 Å². The molecule has 20 heavy (non-hydrogen) atoms. The summed E-state index contributed by atoms with van der Waals surface area (Å²) in [6.45, 7) is 3.81. The van der Waals surface area contributed by atoms with Crippen molar-refractivity contribution in [2.75, 3.05) is 0 Å². The summed E-state index contributed by atoms with van der Waals surface area (Å²) in [6.07, 6.45) is 0. The van der Waals surface area contributed by atoms with E-state index in [9.17, 15) is 0 Å². The van der Waals surface area contributed by atoms with Gasteiger partial charge in [0.1, 0.15) is 11.5 Å². The van der Waals surface area contributed by atoms with E-state index in [-0.39, 0.29) is 0 Å². The van der Waals surface area contributed by atoms with E-state index in [0.29, 0.717) is 16.9 Å². The minimum atomic E-state index is 0.567. The lowest BCUT2D eigenvalue weighted by atomic mass is 10.1. The van der Waals surface area contributed by atoms with Crippen molar-refractivity contribution < 1.29 is 4.74 Å². The Morgan fingerprint density at radius 1 is 0.950 bits per heavy atom. The quantitative estimate of drug-likeness (QED) is 0.810. The molecule has 0 aliphatic rings. The Bertz CT molecular complexity index is 731. The number of ether oxygens (including phenoxy) is 1. The number of hydrogen-bond acceptors (Lipinski definition) is 3. The van der Waals surface area contributed by atoms with Crippen LogP contribution >= 0.6 is 15.9 Å². The summed E-state index contributed by atoms with van der Waals surface area (Å²) in [5.74, 6) is 1.37. The maximum absolute atomic E-state index is 8.94. The van der Waals surface area contributed by atoms with Crippen molar-refractivity contribution >= 4 is 15.9 Å². The highest BCUT2D eigenvalue weighted by Gasteiger charge is 2.10. The molecule has 0 heterocycles. The molecule has 0 radical (unpaired) electrons. The Kier molecular flexibility index (Phi) is 4.08. The predicted molar refractivity (Wildman–Crippen MR) is 79.6 cm³/mol. The van der Waals surface area contributed by atoms with E-state index in [1.54, 1.807) is 30.3 Å². The summed E-state index contributed by atoms with van der Waals surface area (Å²) >= 11 is 3.39. The highest BCUT2D eigenvalue weighted by Crippen LogP contribution is 2.34. The van der Waals surface area contributed by atoms with Gasteiger partial charge in [0.15, 0.2) is 0 Å². The highest BCUT2D eigenvalue weighted by atomic mass is 79.9. The lowest BCUT2D eigenvalue weighted by Gasteiger charge is -2.13. The Morgan fingerprint density at radius 3 is 2.05 bits per heavy atom. The molecule has 0 atom stereocenters. The van der Waals surface area contributed by atoms with Gasteiger partial charge < -0.3 is 4.74 Å². The number of halogens is 1. The van der Waals surface area contributed by atoms with Crippen LogP contribution in [0.3, 0.4) is 0 Å². The number of nitriles is 2. The summed E-state index contributed by atoms with van der Waals surface area (Å²) in [4.78, 5) is 0. The lowest BCUT2D eigenvalue weighted by Crippen LogP contribution is -1.93. The molecular weight excluding hydrogens is 316 g/mol. The molecule has 4 heteroatoms. The van der Waals surface area contributed by atoms with Crippen LogP contribution in [0.15, 0.2) is 34.8 Å². The van der Waals surface area contributed by atoms with E-state index >= 15 is 0 Å². The van der Waals surface area contributed by atoms with Crippen LogP contribution in [-0.4, -0.2) is 0 Å². The fourth-order valence-electron chi connectivity index (χ4n) is 1.94. The van der Waals surface area contributed by atoms with E-state index in [4.69, 9.17) is 15.3 Å². The third-order valence-electron chi connectivity index (χ3n) is 2.86. The number of nitrogens with zero attached hydrogens (tertiary/aromatic N) is 2. The molecule has 0 bridgehead atoms. The van der Waals surface area contributed by atoms with Crippen molar-refractivity contribution in [2.45, 2.75) is 13.8 Å². The molecule has 0 saturated carbocycles. The standard InChI is InChI=1S/C16H11BrN2O/c1-10-5-13(9-19)6-11(2)16(10)20-15-4-3-12(8-18)7-14(15)17/h3-7H,1-2H3. The zero-order chi connectivity index (χ0) is 14.7. The van der Waals surface area contributed by atoms with E-state index in [2.05, 4.69) is 28.1 Å². The van der Waals surface area contributed by atoms with E-state index in [1.165, 1.54) is 0 Å². The molecule has 0 unspecified atom stereocenters. The van der Waals surface area contributed by atoms with Crippen LogP contribution in [0.4, 0.5) is 0 Å². The number of aryl methyl sites for hydroxylation is 2. The molecule has 3 nitrogen and oxygen atoms in total. The maximum atomic E-state index is 8.94. The fourth-order valence-corrected chi connectivity index (χ4v) is 2.40. The first-order chi connectivity index (χ1) is 9.55. The van der Waals surface area contributed by atoms with Gasteiger partial charge in [0.25, 0.3) is 0 Å². The van der Waals surface area contributed by atoms with Gasteiger partial charge in [-0.3, -0.25) is 0 Å². The van der Waals surface area contributed by atoms with Crippen LogP contribution < -0.4 is 4.74 Å². The van der Waals surface area contributed by atoms with Gasteiger partial charge in [0, 0.05) is 0 Å². The van der Waals surface area contributed by atoms with Gasteiger partial charge >= 0.3 is 0 Å². The number of benzene rings is 2. The molecule has 0 amide bonds. The SMILES string of the molecule is Cc1cc(C#N)cc(C)c1Oc1ccc(C#N)cc1Br. The summed E-state index contributed by atoms with van der Waals surface area (Å²) < 4.78 is 6.63. The topological polar surface area (TPSA) is 56.8 Å². The summed E-state index contributed by atoms with van der Waals surface area (Å²) in [6, 6.07) is 12.9. The molecule has 0 saturated heterocycles. The molecular formula is C16H11BrN2O. The van der Waals surface area contributed by atoms with Gasteiger partial charge in [0.05, 0.1) is 27.7 Å². The normalized spacial score (nSPS) is 9.65. The van der Waals surface area contributed by atoms with Crippen molar-refractivity contribution in [1.29, 1.82) is 10.5 Å². The average molecular weight is 327 g/mol. The van der Waals surface area contributed by atoms with Crippen molar-refractivity contribution in [3.05, 3.63) is 57.1 Å². The first-order valence-corrected chi connectivity index (χ1v) is 6.73. The molecule has 0 spiro atoms. The summed E-state index contributed by atoms with van der Waals surface area (Å²) in [5, 5.41) is 17.8. The lowest BCUT2D eigenvalue weighted by molar-refractivity contribution is 0.472. The van der Waals surface area contributed by atoms with Crippen molar-refractivity contribution in [3.63, 3.8) is 0 Å². The smallest absolute Gasteiger partial charge is 0.141 e. The third-order valence-corrected chi connectivity index (χ3v) is 3.48. The Balaban J connectivity index is 2.41. The molecule has 0 aliphatic carbocycles. The van der Waals surface area contributed by atoms with Gasteiger partial charge in [-0.2, -0.15) is 10.5 Å².